The van der Waals surface area contributed by atoms with Gasteiger partial charge in [-0.1, -0.05) is 103 Å². The molecule has 2 N–H and O–H groups in total. The van der Waals surface area contributed by atoms with Gasteiger partial charge < -0.3 is 25.2 Å². The number of nitrogens with one attached hydrogen (secondary N) is 2. The molecule has 2 aliphatic heterocycles. The molecule has 0 spiro atoms. The molecule has 0 unspecified atom stereocenters. The van der Waals surface area contributed by atoms with Crippen LogP contribution in [0.3, 0.4) is 0 Å². The van der Waals surface area contributed by atoms with Crippen molar-refractivity contribution in [2.24, 2.45) is 0 Å². The zero-order valence-corrected chi connectivity index (χ0v) is 29.9. The molecule has 5 aromatic carbocycles. The van der Waals surface area contributed by atoms with E-state index in [4.69, 9.17) is 4.74 Å². The second-order valence-corrected chi connectivity index (χ2v) is 14.0. The van der Waals surface area contributed by atoms with Crippen LogP contribution in [0, 0.1) is 0 Å². The Balaban J connectivity index is 1.15. The van der Waals surface area contributed by atoms with Crippen molar-refractivity contribution in [3.05, 3.63) is 138 Å². The van der Waals surface area contributed by atoms with Gasteiger partial charge in [0, 0.05) is 37.3 Å². The van der Waals surface area contributed by atoms with E-state index in [1.807, 2.05) is 115 Å². The van der Waals surface area contributed by atoms with Gasteiger partial charge in [-0.2, -0.15) is 0 Å². The summed E-state index contributed by atoms with van der Waals surface area (Å²) in [6.07, 6.45) is 1.68. The van der Waals surface area contributed by atoms with Crippen molar-refractivity contribution in [2.45, 2.75) is 50.2 Å². The Bertz CT molecular complexity index is 2120. The average molecular weight is 709 g/mol. The average Bonchev–Trinajstić information content (AvgIpc) is 3.58. The molecule has 53 heavy (non-hydrogen) atoms. The number of hydrogen-bond donors (Lipinski definition) is 2. The highest BCUT2D eigenvalue weighted by Crippen LogP contribution is 2.32. The van der Waals surface area contributed by atoms with Gasteiger partial charge in [-0.25, -0.2) is 0 Å². The summed E-state index contributed by atoms with van der Waals surface area (Å²) >= 11 is 0. The maximum Gasteiger partial charge on any atom is 0.253 e. The Morgan fingerprint density at radius 2 is 1.45 bits per heavy atom. The summed E-state index contributed by atoms with van der Waals surface area (Å²) in [5.74, 6) is -0.114. The van der Waals surface area contributed by atoms with Crippen LogP contribution in [0.1, 0.15) is 40.7 Å². The van der Waals surface area contributed by atoms with E-state index >= 15 is 0 Å². The van der Waals surface area contributed by atoms with E-state index in [2.05, 4.69) is 10.6 Å². The Hall–Kier alpha value is -5.96. The second-order valence-electron chi connectivity index (χ2n) is 14.0. The van der Waals surface area contributed by atoms with Crippen LogP contribution in [0.2, 0.25) is 0 Å². The van der Waals surface area contributed by atoms with Crippen LogP contribution in [-0.4, -0.2) is 78.3 Å². The normalized spacial score (nSPS) is 19.2. The number of hydrogen-bond acceptors (Lipinski definition) is 5. The van der Waals surface area contributed by atoms with Gasteiger partial charge in [0.05, 0.1) is 18.9 Å². The zero-order valence-electron chi connectivity index (χ0n) is 29.9. The van der Waals surface area contributed by atoms with Gasteiger partial charge >= 0.3 is 0 Å². The Labute approximate surface area is 309 Å². The van der Waals surface area contributed by atoms with Crippen LogP contribution in [0.15, 0.2) is 121 Å². The van der Waals surface area contributed by atoms with Crippen molar-refractivity contribution in [1.29, 1.82) is 0 Å². The predicted octanol–water partition coefficient (Wildman–Crippen LogP) is 5.81. The van der Waals surface area contributed by atoms with Crippen molar-refractivity contribution >= 4 is 34.4 Å². The van der Waals surface area contributed by atoms with Crippen LogP contribution in [0.4, 0.5) is 0 Å². The first-order chi connectivity index (χ1) is 25.8. The number of amides is 4. The minimum absolute atomic E-state index is 0.122. The fourth-order valence-corrected chi connectivity index (χ4v) is 7.44. The number of rotatable bonds is 6. The predicted molar refractivity (Wildman–Crippen MR) is 205 cm³/mol. The van der Waals surface area contributed by atoms with Gasteiger partial charge in [-0.3, -0.25) is 19.2 Å². The van der Waals surface area contributed by atoms with Crippen molar-refractivity contribution in [1.82, 2.24) is 20.4 Å². The fraction of sp³-hybridized carbons (Fsp3) is 0.273. The van der Waals surface area contributed by atoms with Gasteiger partial charge in [0.1, 0.15) is 18.4 Å². The molecule has 4 amide bonds. The minimum atomic E-state index is -0.826. The van der Waals surface area contributed by atoms with E-state index in [1.54, 1.807) is 22.9 Å². The van der Waals surface area contributed by atoms with E-state index < -0.39 is 6.04 Å². The molecule has 7 rings (SSSR count). The fourth-order valence-electron chi connectivity index (χ4n) is 7.44. The molecular formula is C44H44N4O5. The van der Waals surface area contributed by atoms with E-state index in [-0.39, 0.29) is 61.7 Å². The van der Waals surface area contributed by atoms with E-state index in [0.717, 1.165) is 33.0 Å². The number of para-hydroxylation sites is 1. The molecule has 1 saturated heterocycles. The molecule has 1 fully saturated rings. The molecule has 2 heterocycles. The second kappa shape index (κ2) is 16.2. The van der Waals surface area contributed by atoms with E-state index in [1.165, 1.54) is 0 Å². The summed E-state index contributed by atoms with van der Waals surface area (Å²) in [5.41, 5.74) is 4.00. The van der Waals surface area contributed by atoms with Crippen molar-refractivity contribution in [3.63, 3.8) is 0 Å². The maximum absolute atomic E-state index is 14.5. The standard InChI is InChI=1S/C44H44N4O5/c1-47-22-10-18-39(46-42(50)24-30-11-3-2-4-12-30)44(52)48-28-36(45-41(49)25-31-20-21-32-13-5-6-14-33(32)23-31)27-37(48)29-53-40-19-8-7-17-38(40)34-15-9-16-35(26-34)43(47)51/h2-9,11-17,19-21,23,26,36-37,39H,10,18,22,24-25,27-29H2,1H3,(H,45,49)(H,46,50)/t36-,37-,39-/m0/s1. The topological polar surface area (TPSA) is 108 Å². The molecule has 5 aromatic rings. The summed E-state index contributed by atoms with van der Waals surface area (Å²) in [7, 11) is 1.75. The Morgan fingerprint density at radius 3 is 2.30 bits per heavy atom. The lowest BCUT2D eigenvalue weighted by molar-refractivity contribution is -0.138. The van der Waals surface area contributed by atoms with Crippen molar-refractivity contribution < 1.29 is 23.9 Å². The highest BCUT2D eigenvalue weighted by Gasteiger charge is 2.39. The van der Waals surface area contributed by atoms with Crippen LogP contribution in [-0.2, 0) is 27.2 Å². The van der Waals surface area contributed by atoms with Crippen LogP contribution < -0.4 is 15.4 Å². The third kappa shape index (κ3) is 8.58. The molecule has 0 radical (unpaired) electrons. The molecule has 9 heteroatoms. The monoisotopic (exact) mass is 708 g/mol. The maximum atomic E-state index is 14.5. The smallest absolute Gasteiger partial charge is 0.253 e. The molecule has 0 saturated carbocycles. The summed E-state index contributed by atoms with van der Waals surface area (Å²) in [6.45, 7) is 0.868. The Kier molecular flexibility index (Phi) is 10.8. The number of fused-ring (bicyclic) bond motifs is 6. The van der Waals surface area contributed by atoms with Gasteiger partial charge in [0.15, 0.2) is 0 Å². The molecule has 3 atom stereocenters. The lowest BCUT2D eigenvalue weighted by atomic mass is 10.0. The van der Waals surface area contributed by atoms with Crippen LogP contribution in [0.5, 0.6) is 5.75 Å². The van der Waals surface area contributed by atoms with Crippen molar-refractivity contribution in [3.8, 4) is 16.9 Å². The van der Waals surface area contributed by atoms with E-state index in [9.17, 15) is 19.2 Å². The molecule has 9 nitrogen and oxygen atoms in total. The zero-order chi connectivity index (χ0) is 36.7. The van der Waals surface area contributed by atoms with Gasteiger partial charge in [-0.05, 0) is 64.9 Å². The lowest BCUT2D eigenvalue weighted by Crippen LogP contribution is -2.52. The number of nitrogens with zero attached hydrogens (tertiary/aromatic N) is 2. The molecule has 2 bridgehead atoms. The first-order valence-corrected chi connectivity index (χ1v) is 18.3. The third-order valence-corrected chi connectivity index (χ3v) is 10.2. The summed E-state index contributed by atoms with van der Waals surface area (Å²) in [4.78, 5) is 58.2. The van der Waals surface area contributed by atoms with Crippen molar-refractivity contribution in [2.75, 3.05) is 26.7 Å². The Morgan fingerprint density at radius 1 is 0.736 bits per heavy atom. The van der Waals surface area contributed by atoms with Gasteiger partial charge in [-0.15, -0.1) is 0 Å². The first-order valence-electron chi connectivity index (χ1n) is 18.3. The summed E-state index contributed by atoms with van der Waals surface area (Å²) < 4.78 is 6.49. The molecule has 0 aliphatic carbocycles. The number of carbonyl (C=O) groups excluding carboxylic acids is 4. The molecular weight excluding hydrogens is 665 g/mol. The van der Waals surface area contributed by atoms with E-state index in [0.29, 0.717) is 37.1 Å². The third-order valence-electron chi connectivity index (χ3n) is 10.2. The SMILES string of the molecule is CN1CCC[C@H](NC(=O)Cc2ccccc2)C(=O)N2C[C@@H](NC(=O)Cc3ccc4ccccc4c3)C[C@H]2COc2ccccc2-c2cccc(c2)C1=O. The molecule has 0 aromatic heterocycles. The first kappa shape index (κ1) is 35.4. The summed E-state index contributed by atoms with van der Waals surface area (Å²) in [5, 5.41) is 8.40. The van der Waals surface area contributed by atoms with Gasteiger partial charge in [0.25, 0.3) is 5.91 Å². The number of carbonyl (C=O) groups is 4. The number of benzene rings is 5. The van der Waals surface area contributed by atoms with Gasteiger partial charge in [0.2, 0.25) is 17.7 Å². The van der Waals surface area contributed by atoms with Crippen LogP contribution >= 0.6 is 0 Å². The highest BCUT2D eigenvalue weighted by molar-refractivity contribution is 5.95. The highest BCUT2D eigenvalue weighted by atomic mass is 16.5. The molecule has 2 aliphatic rings. The molecule has 270 valence electrons. The summed E-state index contributed by atoms with van der Waals surface area (Å²) in [6, 6.07) is 37.2. The minimum Gasteiger partial charge on any atom is -0.491 e. The largest absolute Gasteiger partial charge is 0.491 e. The number of ether oxygens (including phenoxy) is 1. The van der Waals surface area contributed by atoms with Crippen LogP contribution in [0.25, 0.3) is 21.9 Å². The lowest BCUT2D eigenvalue weighted by Gasteiger charge is -2.30. The quantitative estimate of drug-likeness (QED) is 0.232.